The second kappa shape index (κ2) is 11.6. The van der Waals surface area contributed by atoms with Crippen LogP contribution in [-0.2, 0) is 9.59 Å². The van der Waals surface area contributed by atoms with Gasteiger partial charge in [-0.2, -0.15) is 0 Å². The summed E-state index contributed by atoms with van der Waals surface area (Å²) < 4.78 is 0. The van der Waals surface area contributed by atoms with Crippen LogP contribution in [-0.4, -0.2) is 35.4 Å². The Labute approximate surface area is 109 Å². The average molecular weight is 253 g/mol. The van der Waals surface area contributed by atoms with Crippen molar-refractivity contribution in [1.29, 1.82) is 0 Å². The highest BCUT2D eigenvalue weighted by Crippen LogP contribution is 2.06. The molecule has 4 heteroatoms. The highest BCUT2D eigenvalue weighted by Gasteiger charge is 2.06. The summed E-state index contributed by atoms with van der Waals surface area (Å²) in [6, 6.07) is 0. The Morgan fingerprint density at radius 2 is 1.89 bits per heavy atom. The Hall–Kier alpha value is -1.84. The zero-order valence-corrected chi connectivity index (χ0v) is 11.5. The van der Waals surface area contributed by atoms with Gasteiger partial charge in [-0.15, -0.1) is 0 Å². The molecule has 0 aromatic carbocycles. The number of Topliss-reactive ketones (excluding diaryl/α,β-unsaturated/α-hetero) is 1. The van der Waals surface area contributed by atoms with Crippen molar-refractivity contribution in [2.45, 2.75) is 26.7 Å². The van der Waals surface area contributed by atoms with Crippen LogP contribution in [0.5, 0.6) is 0 Å². The first-order valence-electron chi connectivity index (χ1n) is 5.69. The van der Waals surface area contributed by atoms with Crippen molar-refractivity contribution in [1.82, 2.24) is 4.90 Å². The van der Waals surface area contributed by atoms with Crippen LogP contribution in [0.1, 0.15) is 26.7 Å². The first-order chi connectivity index (χ1) is 8.34. The van der Waals surface area contributed by atoms with Crippen molar-refractivity contribution < 1.29 is 14.7 Å². The number of likely N-dealkylation sites (N-methyl/N-ethyl adjacent to an activating group) is 1. The number of hydrogen-bond acceptors (Lipinski definition) is 3. The molecule has 0 aliphatic heterocycles. The zero-order chi connectivity index (χ0) is 14.6. The third-order valence-corrected chi connectivity index (χ3v) is 2.01. The minimum atomic E-state index is -0.897. The second-order valence-corrected chi connectivity index (χ2v) is 3.78. The van der Waals surface area contributed by atoms with Crippen molar-refractivity contribution in [2.75, 3.05) is 13.6 Å². The standard InChI is InChI=1S/C9H15NO3.C5H8/c1-7(4-5-8(2)11)10(3)6-9(12)13;1-3-5-4-2/h1,4-6H2,2-3H3,(H,12,13);3-5H,1H2,2H3/b;5-4-. The van der Waals surface area contributed by atoms with Crippen LogP contribution in [0.2, 0.25) is 0 Å². The molecule has 0 amide bonds. The molecule has 18 heavy (non-hydrogen) atoms. The molecule has 0 aromatic rings. The van der Waals surface area contributed by atoms with Crippen molar-refractivity contribution in [3.8, 4) is 0 Å². The minimum absolute atomic E-state index is 0.0727. The molecule has 0 saturated carbocycles. The summed E-state index contributed by atoms with van der Waals surface area (Å²) in [4.78, 5) is 22.5. The van der Waals surface area contributed by atoms with E-state index in [-0.39, 0.29) is 12.3 Å². The number of carboxylic acid groups (broad SMARTS) is 1. The highest BCUT2D eigenvalue weighted by molar-refractivity contribution is 5.75. The van der Waals surface area contributed by atoms with Crippen molar-refractivity contribution in [3.63, 3.8) is 0 Å². The van der Waals surface area contributed by atoms with Crippen LogP contribution in [0.25, 0.3) is 0 Å². The van der Waals surface area contributed by atoms with Gasteiger partial charge in [0.25, 0.3) is 0 Å². The van der Waals surface area contributed by atoms with Gasteiger partial charge in [-0.05, 0) is 20.3 Å². The SMILES string of the molecule is C=C(CCC(C)=O)N(C)CC(=O)O.C=C/C=C\C. The van der Waals surface area contributed by atoms with Crippen LogP contribution >= 0.6 is 0 Å². The van der Waals surface area contributed by atoms with Crippen LogP contribution in [0.15, 0.2) is 37.1 Å². The van der Waals surface area contributed by atoms with E-state index in [1.807, 2.05) is 19.1 Å². The van der Waals surface area contributed by atoms with Gasteiger partial charge in [0, 0.05) is 19.2 Å². The number of carbonyl (C=O) groups excluding carboxylic acids is 1. The maximum atomic E-state index is 10.6. The van der Waals surface area contributed by atoms with E-state index in [1.54, 1.807) is 13.1 Å². The molecule has 4 nitrogen and oxygen atoms in total. The molecule has 0 bridgehead atoms. The van der Waals surface area contributed by atoms with Gasteiger partial charge in [0.15, 0.2) is 0 Å². The average Bonchev–Trinajstić information content (AvgIpc) is 2.26. The topological polar surface area (TPSA) is 57.6 Å². The fourth-order valence-electron chi connectivity index (χ4n) is 0.962. The van der Waals surface area contributed by atoms with Gasteiger partial charge in [-0.25, -0.2) is 0 Å². The van der Waals surface area contributed by atoms with Crippen molar-refractivity contribution >= 4 is 11.8 Å². The third-order valence-electron chi connectivity index (χ3n) is 2.01. The fraction of sp³-hybridized carbons (Fsp3) is 0.429. The number of carboxylic acids is 1. The molecule has 1 N–H and O–H groups in total. The molecule has 0 radical (unpaired) electrons. The summed E-state index contributed by atoms with van der Waals surface area (Å²) in [7, 11) is 1.65. The van der Waals surface area contributed by atoms with E-state index in [1.165, 1.54) is 11.8 Å². The largest absolute Gasteiger partial charge is 0.480 e. The molecule has 0 heterocycles. The lowest BCUT2D eigenvalue weighted by Gasteiger charge is -2.18. The van der Waals surface area contributed by atoms with Crippen LogP contribution in [0.4, 0.5) is 0 Å². The first-order valence-corrected chi connectivity index (χ1v) is 5.69. The first kappa shape index (κ1) is 18.5. The number of allylic oxidation sites excluding steroid dienone is 4. The maximum absolute atomic E-state index is 10.6. The molecule has 0 atom stereocenters. The molecule has 0 aromatic heterocycles. The molecule has 0 saturated heterocycles. The Bertz CT molecular complexity index is 319. The predicted octanol–water partition coefficient (Wildman–Crippen LogP) is 2.63. The number of carbonyl (C=O) groups is 2. The molecule has 0 unspecified atom stereocenters. The number of rotatable bonds is 7. The number of aliphatic carboxylic acids is 1. The summed E-state index contributed by atoms with van der Waals surface area (Å²) >= 11 is 0. The Balaban J connectivity index is 0. The highest BCUT2D eigenvalue weighted by atomic mass is 16.4. The van der Waals surface area contributed by atoms with E-state index in [0.29, 0.717) is 18.5 Å². The van der Waals surface area contributed by atoms with Gasteiger partial charge in [0.2, 0.25) is 0 Å². The summed E-state index contributed by atoms with van der Waals surface area (Å²) in [5.41, 5.74) is 0.678. The van der Waals surface area contributed by atoms with Gasteiger partial charge in [-0.3, -0.25) is 4.79 Å². The summed E-state index contributed by atoms with van der Waals surface area (Å²) in [5.74, 6) is -0.809. The van der Waals surface area contributed by atoms with Gasteiger partial charge in [0.1, 0.15) is 12.3 Å². The lowest BCUT2D eigenvalue weighted by Crippen LogP contribution is -2.24. The monoisotopic (exact) mass is 253 g/mol. The smallest absolute Gasteiger partial charge is 0.323 e. The van der Waals surface area contributed by atoms with Gasteiger partial charge >= 0.3 is 5.97 Å². The van der Waals surface area contributed by atoms with E-state index in [9.17, 15) is 9.59 Å². The van der Waals surface area contributed by atoms with Gasteiger partial charge in [-0.1, -0.05) is 31.4 Å². The van der Waals surface area contributed by atoms with Gasteiger partial charge < -0.3 is 14.8 Å². The summed E-state index contributed by atoms with van der Waals surface area (Å²) in [5, 5.41) is 8.46. The number of hydrogen-bond donors (Lipinski definition) is 1. The lowest BCUT2D eigenvalue weighted by atomic mass is 10.2. The predicted molar refractivity (Wildman–Crippen MR) is 74.3 cm³/mol. The molecular weight excluding hydrogens is 230 g/mol. The summed E-state index contributed by atoms with van der Waals surface area (Å²) in [6.45, 7) is 10.5. The minimum Gasteiger partial charge on any atom is -0.480 e. The van der Waals surface area contributed by atoms with E-state index in [2.05, 4.69) is 13.2 Å². The van der Waals surface area contributed by atoms with E-state index in [0.717, 1.165) is 0 Å². The van der Waals surface area contributed by atoms with E-state index in [4.69, 9.17) is 5.11 Å². The van der Waals surface area contributed by atoms with Crippen LogP contribution < -0.4 is 0 Å². The third kappa shape index (κ3) is 14.2. The molecule has 0 fully saturated rings. The molecule has 102 valence electrons. The maximum Gasteiger partial charge on any atom is 0.323 e. The Kier molecular flexibility index (Phi) is 12.0. The molecule has 0 rings (SSSR count). The van der Waals surface area contributed by atoms with Crippen molar-refractivity contribution in [2.24, 2.45) is 0 Å². The quantitative estimate of drug-likeness (QED) is 0.709. The normalized spacial score (nSPS) is 9.28. The molecular formula is C14H23NO3. The van der Waals surface area contributed by atoms with Crippen molar-refractivity contribution in [3.05, 3.63) is 37.1 Å². The number of nitrogens with zero attached hydrogens (tertiary/aromatic N) is 1. The molecule has 0 aliphatic rings. The van der Waals surface area contributed by atoms with Gasteiger partial charge in [0.05, 0.1) is 0 Å². The van der Waals surface area contributed by atoms with E-state index < -0.39 is 5.97 Å². The van der Waals surface area contributed by atoms with Crippen LogP contribution in [0, 0.1) is 0 Å². The summed E-state index contributed by atoms with van der Waals surface area (Å²) in [6.07, 6.45) is 6.52. The van der Waals surface area contributed by atoms with Crippen LogP contribution in [0.3, 0.4) is 0 Å². The number of ketones is 1. The molecule has 0 spiro atoms. The second-order valence-electron chi connectivity index (χ2n) is 3.78. The zero-order valence-electron chi connectivity index (χ0n) is 11.5. The lowest BCUT2D eigenvalue weighted by molar-refractivity contribution is -0.137. The fourth-order valence-corrected chi connectivity index (χ4v) is 0.962. The molecule has 0 aliphatic carbocycles. The van der Waals surface area contributed by atoms with E-state index >= 15 is 0 Å². The Morgan fingerprint density at radius 3 is 2.17 bits per heavy atom. The Morgan fingerprint density at radius 1 is 1.33 bits per heavy atom.